The molecule has 0 aliphatic rings. The van der Waals surface area contributed by atoms with Crippen LogP contribution in [-0.2, 0) is 16.1 Å². The van der Waals surface area contributed by atoms with Gasteiger partial charge in [-0.1, -0.05) is 61.3 Å². The van der Waals surface area contributed by atoms with Gasteiger partial charge in [-0.05, 0) is 49.6 Å². The smallest absolute Gasteiger partial charge is 0.261 e. The van der Waals surface area contributed by atoms with E-state index in [0.717, 1.165) is 12.0 Å². The van der Waals surface area contributed by atoms with Crippen LogP contribution in [0.4, 0.5) is 0 Å². The molecular weight excluding hydrogens is 423 g/mol. The number of benzene rings is 2. The van der Waals surface area contributed by atoms with Crippen molar-refractivity contribution in [2.75, 3.05) is 6.61 Å². The van der Waals surface area contributed by atoms with E-state index in [1.54, 1.807) is 35.2 Å². The summed E-state index contributed by atoms with van der Waals surface area (Å²) in [7, 11) is 0. The summed E-state index contributed by atoms with van der Waals surface area (Å²) < 4.78 is 5.64. The van der Waals surface area contributed by atoms with E-state index in [1.165, 1.54) is 0 Å². The Balaban J connectivity index is 2.23. The fourth-order valence-electron chi connectivity index (χ4n) is 2.94. The maximum absolute atomic E-state index is 13.1. The summed E-state index contributed by atoms with van der Waals surface area (Å²) in [5, 5.41) is 3.81. The van der Waals surface area contributed by atoms with Crippen molar-refractivity contribution < 1.29 is 14.3 Å². The van der Waals surface area contributed by atoms with Crippen molar-refractivity contribution in [1.82, 2.24) is 10.2 Å². The number of halogens is 2. The zero-order valence-corrected chi connectivity index (χ0v) is 19.0. The van der Waals surface area contributed by atoms with Crippen molar-refractivity contribution in [3.05, 3.63) is 64.1 Å². The molecule has 0 saturated carbocycles. The number of para-hydroxylation sites is 1. The Labute approximate surface area is 188 Å². The van der Waals surface area contributed by atoms with Gasteiger partial charge < -0.3 is 15.0 Å². The van der Waals surface area contributed by atoms with Crippen LogP contribution in [0.3, 0.4) is 0 Å². The highest BCUT2D eigenvalue weighted by Crippen LogP contribution is 2.24. The van der Waals surface area contributed by atoms with Gasteiger partial charge in [0.05, 0.1) is 10.0 Å². The van der Waals surface area contributed by atoms with Gasteiger partial charge in [-0.3, -0.25) is 9.59 Å². The van der Waals surface area contributed by atoms with Crippen LogP contribution in [0.1, 0.15) is 39.2 Å². The van der Waals surface area contributed by atoms with Gasteiger partial charge in [0.15, 0.2) is 6.61 Å². The van der Waals surface area contributed by atoms with E-state index in [-0.39, 0.29) is 31.0 Å². The van der Waals surface area contributed by atoms with Crippen molar-refractivity contribution >= 4 is 35.0 Å². The lowest BCUT2D eigenvalue weighted by molar-refractivity contribution is -0.143. The molecule has 1 N–H and O–H groups in total. The van der Waals surface area contributed by atoms with E-state index in [2.05, 4.69) is 5.32 Å². The minimum Gasteiger partial charge on any atom is -0.484 e. The molecule has 2 aromatic carbocycles. The lowest BCUT2D eigenvalue weighted by atomic mass is 10.1. The quantitative estimate of drug-likeness (QED) is 0.547. The van der Waals surface area contributed by atoms with E-state index in [9.17, 15) is 9.59 Å². The summed E-state index contributed by atoms with van der Waals surface area (Å²) in [6.07, 6.45) is 1.28. The normalized spacial score (nSPS) is 12.7. The van der Waals surface area contributed by atoms with Crippen LogP contribution in [0.25, 0.3) is 0 Å². The third kappa shape index (κ3) is 6.92. The summed E-state index contributed by atoms with van der Waals surface area (Å²) in [5.41, 5.74) is 0.784. The van der Waals surface area contributed by atoms with Gasteiger partial charge >= 0.3 is 0 Å². The van der Waals surface area contributed by atoms with Crippen LogP contribution < -0.4 is 10.1 Å². The average Bonchev–Trinajstić information content (AvgIpc) is 2.75. The SMILES string of the molecule is CC[C@@H](C)NC(=O)[C@@H](CC)N(Cc1ccc(Cl)c(Cl)c1)C(=O)COc1ccccc1. The Hall–Kier alpha value is -2.24. The van der Waals surface area contributed by atoms with Crippen LogP contribution in [-0.4, -0.2) is 35.4 Å². The number of ether oxygens (including phenoxy) is 1. The number of nitrogens with zero attached hydrogens (tertiary/aromatic N) is 1. The van der Waals surface area contributed by atoms with E-state index in [1.807, 2.05) is 39.0 Å². The molecule has 0 aliphatic carbocycles. The Kier molecular flexibility index (Phi) is 9.47. The molecule has 0 spiro atoms. The highest BCUT2D eigenvalue weighted by atomic mass is 35.5. The van der Waals surface area contributed by atoms with Gasteiger partial charge in [0, 0.05) is 12.6 Å². The number of carbonyl (C=O) groups excluding carboxylic acids is 2. The summed E-state index contributed by atoms with van der Waals surface area (Å²) in [6.45, 7) is 5.87. The molecule has 0 saturated heterocycles. The number of amides is 2. The van der Waals surface area contributed by atoms with E-state index in [4.69, 9.17) is 27.9 Å². The second-order valence-electron chi connectivity index (χ2n) is 7.11. The zero-order valence-electron chi connectivity index (χ0n) is 17.5. The Morgan fingerprint density at radius 2 is 1.73 bits per heavy atom. The molecule has 2 rings (SSSR count). The molecule has 0 radical (unpaired) electrons. The molecule has 0 bridgehead atoms. The van der Waals surface area contributed by atoms with Gasteiger partial charge in [-0.2, -0.15) is 0 Å². The predicted molar refractivity (Wildman–Crippen MR) is 121 cm³/mol. The van der Waals surface area contributed by atoms with Crippen molar-refractivity contribution in [1.29, 1.82) is 0 Å². The molecular formula is C23H28Cl2N2O3. The van der Waals surface area contributed by atoms with Gasteiger partial charge in [0.2, 0.25) is 5.91 Å². The Bertz CT molecular complexity index is 846. The molecule has 5 nitrogen and oxygen atoms in total. The van der Waals surface area contributed by atoms with Crippen molar-refractivity contribution in [3.8, 4) is 5.75 Å². The van der Waals surface area contributed by atoms with Gasteiger partial charge in [0.25, 0.3) is 5.91 Å². The van der Waals surface area contributed by atoms with Crippen LogP contribution in [0.15, 0.2) is 48.5 Å². The van der Waals surface area contributed by atoms with Gasteiger partial charge in [-0.15, -0.1) is 0 Å². The topological polar surface area (TPSA) is 58.6 Å². The number of hydrogen-bond donors (Lipinski definition) is 1. The highest BCUT2D eigenvalue weighted by molar-refractivity contribution is 6.42. The molecule has 2 aromatic rings. The first-order chi connectivity index (χ1) is 14.3. The van der Waals surface area contributed by atoms with Crippen molar-refractivity contribution in [2.45, 2.75) is 52.2 Å². The van der Waals surface area contributed by atoms with Crippen LogP contribution in [0.2, 0.25) is 10.0 Å². The lowest BCUT2D eigenvalue weighted by Crippen LogP contribution is -2.51. The lowest BCUT2D eigenvalue weighted by Gasteiger charge is -2.31. The summed E-state index contributed by atoms with van der Waals surface area (Å²) in [6, 6.07) is 13.7. The number of hydrogen-bond acceptors (Lipinski definition) is 3. The van der Waals surface area contributed by atoms with E-state index >= 15 is 0 Å². The third-order valence-corrected chi connectivity index (χ3v) is 5.57. The molecule has 0 fully saturated rings. The first-order valence-electron chi connectivity index (χ1n) is 10.1. The molecule has 30 heavy (non-hydrogen) atoms. The van der Waals surface area contributed by atoms with E-state index < -0.39 is 6.04 Å². The predicted octanol–water partition coefficient (Wildman–Crippen LogP) is 5.09. The summed E-state index contributed by atoms with van der Waals surface area (Å²) in [5.74, 6) is 0.133. The molecule has 0 aliphatic heterocycles. The first-order valence-corrected chi connectivity index (χ1v) is 10.8. The molecule has 2 atom stereocenters. The first kappa shape index (κ1) is 24.0. The van der Waals surface area contributed by atoms with Gasteiger partial charge in [-0.25, -0.2) is 0 Å². The molecule has 0 unspecified atom stereocenters. The molecule has 7 heteroatoms. The number of carbonyl (C=O) groups is 2. The van der Waals surface area contributed by atoms with E-state index in [0.29, 0.717) is 22.2 Å². The van der Waals surface area contributed by atoms with Crippen LogP contribution in [0.5, 0.6) is 5.75 Å². The fourth-order valence-corrected chi connectivity index (χ4v) is 3.26. The molecule has 0 heterocycles. The molecule has 2 amide bonds. The fraction of sp³-hybridized carbons (Fsp3) is 0.391. The Morgan fingerprint density at radius 1 is 1.03 bits per heavy atom. The highest BCUT2D eigenvalue weighted by Gasteiger charge is 2.29. The number of rotatable bonds is 10. The maximum Gasteiger partial charge on any atom is 0.261 e. The monoisotopic (exact) mass is 450 g/mol. The van der Waals surface area contributed by atoms with Crippen LogP contribution >= 0.6 is 23.2 Å². The molecule has 162 valence electrons. The summed E-state index contributed by atoms with van der Waals surface area (Å²) >= 11 is 12.2. The zero-order chi connectivity index (χ0) is 22.1. The molecule has 0 aromatic heterocycles. The Morgan fingerprint density at radius 3 is 2.33 bits per heavy atom. The van der Waals surface area contributed by atoms with Crippen LogP contribution in [0, 0.1) is 0 Å². The standard InChI is InChI=1S/C23H28Cl2N2O3/c1-4-16(3)26-23(29)21(5-2)27(14-17-11-12-19(24)20(25)13-17)22(28)15-30-18-9-7-6-8-10-18/h6-13,16,21H,4-5,14-15H2,1-3H3,(H,26,29)/t16-,21-/m1/s1. The summed E-state index contributed by atoms with van der Waals surface area (Å²) in [4.78, 5) is 27.5. The second kappa shape index (κ2) is 11.8. The van der Waals surface area contributed by atoms with Crippen molar-refractivity contribution in [2.24, 2.45) is 0 Å². The second-order valence-corrected chi connectivity index (χ2v) is 7.93. The maximum atomic E-state index is 13.1. The number of nitrogens with one attached hydrogen (secondary N) is 1. The van der Waals surface area contributed by atoms with Crippen molar-refractivity contribution in [3.63, 3.8) is 0 Å². The third-order valence-electron chi connectivity index (χ3n) is 4.83. The largest absolute Gasteiger partial charge is 0.484 e. The minimum atomic E-state index is -0.625. The average molecular weight is 451 g/mol. The van der Waals surface area contributed by atoms with Gasteiger partial charge in [0.1, 0.15) is 11.8 Å². The minimum absolute atomic E-state index is 0.0223.